The highest BCUT2D eigenvalue weighted by Gasteiger charge is 2.20. The van der Waals surface area contributed by atoms with Crippen LogP contribution in [0.1, 0.15) is 39.5 Å². The summed E-state index contributed by atoms with van der Waals surface area (Å²) < 4.78 is 11.5. The molecule has 0 aliphatic rings. The van der Waals surface area contributed by atoms with E-state index in [1.165, 1.54) is 0 Å². The van der Waals surface area contributed by atoms with E-state index in [0.29, 0.717) is 0 Å². The van der Waals surface area contributed by atoms with E-state index in [1.807, 2.05) is 12.1 Å². The third-order valence-electron chi connectivity index (χ3n) is 2.51. The molecule has 0 N–H and O–H groups in total. The summed E-state index contributed by atoms with van der Waals surface area (Å²) >= 11 is 0. The van der Waals surface area contributed by atoms with Gasteiger partial charge in [-0.1, -0.05) is 26.7 Å². The Labute approximate surface area is 105 Å². The van der Waals surface area contributed by atoms with Crippen molar-refractivity contribution in [2.24, 2.45) is 0 Å². The lowest BCUT2D eigenvalue weighted by Gasteiger charge is -2.14. The standard InChI is InChI=1S/C13H22BNO2/c1-3-5-11-16-14(17-12-6-4-2)13-7-9-15-10-8-13/h7-10H,3-6,11-12H2,1-2H3. The third-order valence-corrected chi connectivity index (χ3v) is 2.51. The molecule has 4 heteroatoms. The monoisotopic (exact) mass is 235 g/mol. The first-order chi connectivity index (χ1) is 8.38. The SMILES string of the molecule is CCCCOB(OCCCC)c1ccncc1. The molecule has 17 heavy (non-hydrogen) atoms. The van der Waals surface area contributed by atoms with Gasteiger partial charge in [-0.05, 0) is 30.4 Å². The molecule has 0 saturated carbocycles. The maximum atomic E-state index is 5.77. The topological polar surface area (TPSA) is 31.4 Å². The quantitative estimate of drug-likeness (QED) is 0.486. The normalized spacial score (nSPS) is 10.5. The molecule has 0 unspecified atom stereocenters. The Hall–Kier alpha value is -0.865. The minimum atomic E-state index is -0.240. The van der Waals surface area contributed by atoms with Crippen LogP contribution in [-0.2, 0) is 9.31 Å². The summed E-state index contributed by atoms with van der Waals surface area (Å²) in [6.07, 6.45) is 7.96. The van der Waals surface area contributed by atoms with E-state index in [1.54, 1.807) is 12.4 Å². The highest BCUT2D eigenvalue weighted by Crippen LogP contribution is 1.98. The lowest BCUT2D eigenvalue weighted by molar-refractivity contribution is 0.202. The molecule has 0 spiro atoms. The number of aromatic nitrogens is 1. The van der Waals surface area contributed by atoms with Crippen molar-refractivity contribution in [2.45, 2.75) is 39.5 Å². The van der Waals surface area contributed by atoms with Crippen LogP contribution in [0.2, 0.25) is 0 Å². The molecule has 0 bridgehead atoms. The number of hydrogen-bond acceptors (Lipinski definition) is 3. The van der Waals surface area contributed by atoms with Crippen LogP contribution in [0.15, 0.2) is 24.5 Å². The van der Waals surface area contributed by atoms with Gasteiger partial charge in [0.15, 0.2) is 0 Å². The van der Waals surface area contributed by atoms with Crippen LogP contribution in [0.3, 0.4) is 0 Å². The highest BCUT2D eigenvalue weighted by atomic mass is 16.6. The van der Waals surface area contributed by atoms with Crippen LogP contribution in [0, 0.1) is 0 Å². The maximum Gasteiger partial charge on any atom is 0.493 e. The van der Waals surface area contributed by atoms with Gasteiger partial charge < -0.3 is 9.31 Å². The zero-order valence-electron chi connectivity index (χ0n) is 10.9. The Morgan fingerprint density at radius 1 is 1.00 bits per heavy atom. The van der Waals surface area contributed by atoms with Crippen molar-refractivity contribution in [1.82, 2.24) is 4.98 Å². The number of unbranched alkanes of at least 4 members (excludes halogenated alkanes) is 2. The first-order valence-corrected chi connectivity index (χ1v) is 6.51. The molecule has 0 fully saturated rings. The van der Waals surface area contributed by atoms with E-state index in [2.05, 4.69) is 18.8 Å². The molecule has 0 radical (unpaired) electrons. The van der Waals surface area contributed by atoms with Crippen LogP contribution < -0.4 is 5.46 Å². The summed E-state index contributed by atoms with van der Waals surface area (Å²) in [5.41, 5.74) is 1.05. The Kier molecular flexibility index (Phi) is 7.68. The van der Waals surface area contributed by atoms with Crippen molar-refractivity contribution < 1.29 is 9.31 Å². The van der Waals surface area contributed by atoms with Gasteiger partial charge >= 0.3 is 7.12 Å². The summed E-state index contributed by atoms with van der Waals surface area (Å²) in [6.45, 7) is 5.80. The van der Waals surface area contributed by atoms with Crippen LogP contribution in [0.4, 0.5) is 0 Å². The average Bonchev–Trinajstić information content (AvgIpc) is 2.38. The fourth-order valence-electron chi connectivity index (χ4n) is 1.43. The summed E-state index contributed by atoms with van der Waals surface area (Å²) in [6, 6.07) is 3.89. The van der Waals surface area contributed by atoms with E-state index in [9.17, 15) is 0 Å². The van der Waals surface area contributed by atoms with E-state index in [0.717, 1.165) is 44.4 Å². The van der Waals surface area contributed by atoms with E-state index in [4.69, 9.17) is 9.31 Å². The second-order valence-electron chi connectivity index (χ2n) is 4.06. The van der Waals surface area contributed by atoms with Gasteiger partial charge in [0, 0.05) is 25.6 Å². The molecular formula is C13H22BNO2. The largest absolute Gasteiger partial charge is 0.493 e. The van der Waals surface area contributed by atoms with Crippen LogP contribution in [-0.4, -0.2) is 25.3 Å². The van der Waals surface area contributed by atoms with Gasteiger partial charge in [0.05, 0.1) is 0 Å². The van der Waals surface area contributed by atoms with Gasteiger partial charge in [-0.2, -0.15) is 0 Å². The Morgan fingerprint density at radius 3 is 2.00 bits per heavy atom. The lowest BCUT2D eigenvalue weighted by Crippen LogP contribution is -2.37. The first kappa shape index (κ1) is 14.2. The molecule has 0 amide bonds. The van der Waals surface area contributed by atoms with E-state index >= 15 is 0 Å². The van der Waals surface area contributed by atoms with E-state index in [-0.39, 0.29) is 7.12 Å². The molecule has 0 aromatic carbocycles. The minimum absolute atomic E-state index is 0.240. The smallest absolute Gasteiger partial charge is 0.407 e. The molecule has 1 rings (SSSR count). The van der Waals surface area contributed by atoms with Crippen LogP contribution in [0.25, 0.3) is 0 Å². The second-order valence-corrected chi connectivity index (χ2v) is 4.06. The fraction of sp³-hybridized carbons (Fsp3) is 0.615. The fourth-order valence-corrected chi connectivity index (χ4v) is 1.43. The van der Waals surface area contributed by atoms with Gasteiger partial charge in [-0.3, -0.25) is 4.98 Å². The van der Waals surface area contributed by atoms with Crippen molar-refractivity contribution in [3.63, 3.8) is 0 Å². The Morgan fingerprint density at radius 2 is 1.53 bits per heavy atom. The van der Waals surface area contributed by atoms with Gasteiger partial charge in [0.1, 0.15) is 0 Å². The van der Waals surface area contributed by atoms with Gasteiger partial charge in [0.25, 0.3) is 0 Å². The molecule has 0 saturated heterocycles. The summed E-state index contributed by atoms with van der Waals surface area (Å²) in [7, 11) is -0.240. The predicted molar refractivity (Wildman–Crippen MR) is 71.3 cm³/mol. The van der Waals surface area contributed by atoms with Crippen LogP contribution >= 0.6 is 0 Å². The van der Waals surface area contributed by atoms with Crippen molar-refractivity contribution in [3.8, 4) is 0 Å². The van der Waals surface area contributed by atoms with Gasteiger partial charge in [-0.25, -0.2) is 0 Å². The molecule has 94 valence electrons. The number of pyridine rings is 1. The molecular weight excluding hydrogens is 213 g/mol. The predicted octanol–water partition coefficient (Wildman–Crippen LogP) is 2.41. The minimum Gasteiger partial charge on any atom is -0.407 e. The van der Waals surface area contributed by atoms with Crippen molar-refractivity contribution >= 4 is 12.6 Å². The molecule has 1 aromatic heterocycles. The molecule has 1 aromatic rings. The molecule has 0 aliphatic heterocycles. The highest BCUT2D eigenvalue weighted by molar-refractivity contribution is 6.61. The first-order valence-electron chi connectivity index (χ1n) is 6.51. The lowest BCUT2D eigenvalue weighted by atomic mass is 9.79. The summed E-state index contributed by atoms with van der Waals surface area (Å²) in [4.78, 5) is 4.01. The number of rotatable bonds is 9. The summed E-state index contributed by atoms with van der Waals surface area (Å²) in [5.74, 6) is 0. The van der Waals surface area contributed by atoms with Gasteiger partial charge in [-0.15, -0.1) is 0 Å². The number of hydrogen-bond donors (Lipinski definition) is 0. The number of nitrogens with zero attached hydrogens (tertiary/aromatic N) is 1. The third kappa shape index (κ3) is 5.85. The van der Waals surface area contributed by atoms with Crippen molar-refractivity contribution in [2.75, 3.05) is 13.2 Å². The molecule has 3 nitrogen and oxygen atoms in total. The summed E-state index contributed by atoms with van der Waals surface area (Å²) in [5, 5.41) is 0. The zero-order valence-corrected chi connectivity index (χ0v) is 10.9. The molecule has 0 aliphatic carbocycles. The van der Waals surface area contributed by atoms with Crippen LogP contribution in [0.5, 0.6) is 0 Å². The average molecular weight is 235 g/mol. The molecule has 0 atom stereocenters. The second kappa shape index (κ2) is 9.19. The maximum absolute atomic E-state index is 5.77. The zero-order chi connectivity index (χ0) is 12.3. The van der Waals surface area contributed by atoms with Crippen molar-refractivity contribution in [3.05, 3.63) is 24.5 Å². The van der Waals surface area contributed by atoms with Crippen molar-refractivity contribution in [1.29, 1.82) is 0 Å². The van der Waals surface area contributed by atoms with Gasteiger partial charge in [0.2, 0.25) is 0 Å². The Balaban J connectivity index is 2.46. The van der Waals surface area contributed by atoms with E-state index < -0.39 is 0 Å². The molecule has 1 heterocycles. The Bertz CT molecular complexity index is 272.